The number of carbonyl (C=O) groups excluding carboxylic acids is 1. The Hall–Kier alpha value is -4.96. The summed E-state index contributed by atoms with van der Waals surface area (Å²) in [7, 11) is 0. The number of hydrogen-bond donors (Lipinski definition) is 4. The summed E-state index contributed by atoms with van der Waals surface area (Å²) in [4.78, 5) is 18.6. The van der Waals surface area contributed by atoms with E-state index in [4.69, 9.17) is 22.0 Å². The first-order valence-corrected chi connectivity index (χ1v) is 11.4. The number of amidine groups is 1. The number of aromatic nitrogens is 1. The van der Waals surface area contributed by atoms with E-state index in [9.17, 15) is 9.18 Å². The number of benzene rings is 3. The van der Waals surface area contributed by atoms with Crippen LogP contribution in [0.15, 0.2) is 96.1 Å². The second-order valence-electron chi connectivity index (χ2n) is 8.01. The normalized spacial score (nSPS) is 11.1. The topological polar surface area (TPSA) is 145 Å². The monoisotopic (exact) mass is 499 g/mol. The molecule has 1 amide bonds. The van der Waals surface area contributed by atoms with Crippen LogP contribution in [0, 0.1) is 5.82 Å². The Balaban J connectivity index is 1.67. The average Bonchev–Trinajstić information content (AvgIpc) is 2.91. The molecule has 4 rings (SSSR count). The Bertz CT molecular complexity index is 1380. The first kappa shape index (κ1) is 25.1. The molecule has 0 radical (unpaired) electrons. The summed E-state index contributed by atoms with van der Waals surface area (Å²) in [6, 6.07) is 26.1. The van der Waals surface area contributed by atoms with Gasteiger partial charge in [0.1, 0.15) is 28.8 Å². The lowest BCUT2D eigenvalue weighted by Gasteiger charge is -2.26. The van der Waals surface area contributed by atoms with Crippen LogP contribution in [-0.4, -0.2) is 23.3 Å². The van der Waals surface area contributed by atoms with Crippen molar-refractivity contribution in [2.75, 3.05) is 11.4 Å². The molecule has 0 spiro atoms. The molecule has 0 bridgehead atoms. The third kappa shape index (κ3) is 6.59. The smallest absolute Gasteiger partial charge is 0.267 e. The number of nitrogens with one attached hydrogen (secondary N) is 1. The minimum atomic E-state index is -0.652. The number of halogens is 1. The van der Waals surface area contributed by atoms with Gasteiger partial charge in [0.05, 0.1) is 5.69 Å². The van der Waals surface area contributed by atoms with Crippen LogP contribution in [0.1, 0.15) is 16.9 Å². The van der Waals surface area contributed by atoms with E-state index in [1.165, 1.54) is 12.1 Å². The van der Waals surface area contributed by atoms with Gasteiger partial charge in [0.2, 0.25) is 0 Å². The molecule has 0 aliphatic heterocycles. The van der Waals surface area contributed by atoms with Crippen LogP contribution in [0.3, 0.4) is 0 Å². The summed E-state index contributed by atoms with van der Waals surface area (Å²) in [5.74, 6) is 5.65. The maximum atomic E-state index is 13.2. The molecule has 0 atom stereocenters. The second kappa shape index (κ2) is 11.6. The molecule has 37 heavy (non-hydrogen) atoms. The third-order valence-electron chi connectivity index (χ3n) is 5.44. The highest BCUT2D eigenvalue weighted by Crippen LogP contribution is 2.31. The third-order valence-corrected chi connectivity index (χ3v) is 5.44. The second-order valence-corrected chi connectivity index (χ2v) is 8.01. The van der Waals surface area contributed by atoms with Gasteiger partial charge in [-0.25, -0.2) is 20.8 Å². The standard InChI is InChI=1S/C27H26FN7O2/c28-19-8-12-23(13-9-19)37-22-10-6-18(7-11-22)24-16-21(17-25(32-24)27(30)36)35(15-14-26(29)33-34-31)20-4-2-1-3-5-20/h1-13,16-17,34H,14-15,31H2,(H2,29,33)(H2,30,36). The first-order chi connectivity index (χ1) is 17.9. The van der Waals surface area contributed by atoms with Crippen LogP contribution in [0.5, 0.6) is 11.5 Å². The van der Waals surface area contributed by atoms with E-state index in [-0.39, 0.29) is 11.5 Å². The number of rotatable bonds is 10. The van der Waals surface area contributed by atoms with Crippen LogP contribution in [0.4, 0.5) is 15.8 Å². The van der Waals surface area contributed by atoms with Crippen molar-refractivity contribution in [1.82, 2.24) is 10.5 Å². The van der Waals surface area contributed by atoms with E-state index in [0.717, 1.165) is 11.3 Å². The van der Waals surface area contributed by atoms with Gasteiger partial charge in [0.25, 0.3) is 5.91 Å². The van der Waals surface area contributed by atoms with E-state index < -0.39 is 5.91 Å². The van der Waals surface area contributed by atoms with Crippen LogP contribution >= 0.6 is 0 Å². The Kier molecular flexibility index (Phi) is 7.91. The van der Waals surface area contributed by atoms with Crippen molar-refractivity contribution < 1.29 is 13.9 Å². The molecule has 0 saturated heterocycles. The van der Waals surface area contributed by atoms with Gasteiger partial charge in [0, 0.05) is 29.9 Å². The van der Waals surface area contributed by atoms with E-state index in [1.54, 1.807) is 30.3 Å². The number of carbonyl (C=O) groups is 1. The Morgan fingerprint density at radius 3 is 2.19 bits per heavy atom. The summed E-state index contributed by atoms with van der Waals surface area (Å²) in [5, 5.41) is 3.82. The van der Waals surface area contributed by atoms with Crippen LogP contribution in [-0.2, 0) is 0 Å². The Morgan fingerprint density at radius 1 is 0.919 bits per heavy atom. The van der Waals surface area contributed by atoms with Crippen molar-refractivity contribution >= 4 is 23.1 Å². The number of nitrogens with two attached hydrogens (primary N) is 3. The quantitative estimate of drug-likeness (QED) is 0.111. The predicted octanol–water partition coefficient (Wildman–Crippen LogP) is 4.04. The van der Waals surface area contributed by atoms with Gasteiger partial charge < -0.3 is 21.1 Å². The summed E-state index contributed by atoms with van der Waals surface area (Å²) >= 11 is 0. The van der Waals surface area contributed by atoms with Gasteiger partial charge >= 0.3 is 0 Å². The van der Waals surface area contributed by atoms with E-state index >= 15 is 0 Å². The zero-order valence-corrected chi connectivity index (χ0v) is 19.8. The van der Waals surface area contributed by atoms with Crippen molar-refractivity contribution in [2.24, 2.45) is 22.4 Å². The van der Waals surface area contributed by atoms with E-state index in [1.807, 2.05) is 53.4 Å². The molecular weight excluding hydrogens is 473 g/mol. The maximum absolute atomic E-state index is 13.2. The first-order valence-electron chi connectivity index (χ1n) is 11.4. The molecule has 0 saturated carbocycles. The number of anilines is 2. The number of nitrogens with zero attached hydrogens (tertiary/aromatic N) is 3. The van der Waals surface area contributed by atoms with Crippen LogP contribution in [0.2, 0.25) is 0 Å². The van der Waals surface area contributed by atoms with E-state index in [2.05, 4.69) is 15.6 Å². The fraction of sp³-hybridized carbons (Fsp3) is 0.0741. The van der Waals surface area contributed by atoms with Gasteiger partial charge in [-0.1, -0.05) is 18.2 Å². The molecular formula is C27H26FN7O2. The van der Waals surface area contributed by atoms with Gasteiger partial charge in [0.15, 0.2) is 0 Å². The lowest BCUT2D eigenvalue weighted by molar-refractivity contribution is 0.0995. The molecule has 7 N–H and O–H groups in total. The molecule has 0 aliphatic carbocycles. The molecule has 1 aromatic heterocycles. The van der Waals surface area contributed by atoms with Gasteiger partial charge in [-0.05, 0) is 72.8 Å². The molecule has 0 unspecified atom stereocenters. The molecule has 3 aromatic carbocycles. The summed E-state index contributed by atoms with van der Waals surface area (Å²) in [6.07, 6.45) is 0.401. The summed E-state index contributed by atoms with van der Waals surface area (Å²) in [5.41, 5.74) is 16.7. The minimum absolute atomic E-state index is 0.116. The van der Waals surface area contributed by atoms with Crippen molar-refractivity contribution in [1.29, 1.82) is 0 Å². The van der Waals surface area contributed by atoms with Crippen molar-refractivity contribution in [3.8, 4) is 22.8 Å². The van der Waals surface area contributed by atoms with Gasteiger partial charge in [-0.15, -0.1) is 0 Å². The van der Waals surface area contributed by atoms with Crippen molar-refractivity contribution in [3.05, 3.63) is 103 Å². The average molecular weight is 500 g/mol. The molecule has 1 heterocycles. The number of para-hydroxylation sites is 1. The molecule has 188 valence electrons. The van der Waals surface area contributed by atoms with E-state index in [0.29, 0.717) is 41.7 Å². The molecule has 4 aromatic rings. The number of primary amides is 1. The number of amides is 1. The Labute approximate surface area is 213 Å². The number of ether oxygens (including phenoxy) is 1. The molecule has 9 nitrogen and oxygen atoms in total. The fourth-order valence-corrected chi connectivity index (χ4v) is 3.66. The highest BCUT2D eigenvalue weighted by atomic mass is 19.1. The SMILES string of the molecule is NN/N=C(\N)CCN(c1ccccc1)c1cc(C(N)=O)nc(-c2ccc(Oc3ccc(F)cc3)cc2)c1. The highest BCUT2D eigenvalue weighted by molar-refractivity contribution is 5.93. The molecule has 10 heteroatoms. The molecule has 0 fully saturated rings. The van der Waals surface area contributed by atoms with Crippen LogP contribution < -0.4 is 32.5 Å². The zero-order valence-electron chi connectivity index (χ0n) is 19.8. The minimum Gasteiger partial charge on any atom is -0.457 e. The number of hydrazine groups is 1. The summed E-state index contributed by atoms with van der Waals surface area (Å²) in [6.45, 7) is 0.452. The summed E-state index contributed by atoms with van der Waals surface area (Å²) < 4.78 is 18.9. The maximum Gasteiger partial charge on any atom is 0.267 e. The lowest BCUT2D eigenvalue weighted by Crippen LogP contribution is -2.27. The fourth-order valence-electron chi connectivity index (χ4n) is 3.66. The van der Waals surface area contributed by atoms with Crippen molar-refractivity contribution in [3.63, 3.8) is 0 Å². The van der Waals surface area contributed by atoms with Crippen molar-refractivity contribution in [2.45, 2.75) is 6.42 Å². The molecule has 0 aliphatic rings. The lowest BCUT2D eigenvalue weighted by atomic mass is 10.1. The number of hydrazone groups is 1. The predicted molar refractivity (Wildman–Crippen MR) is 142 cm³/mol. The number of hydrogen-bond acceptors (Lipinski definition) is 7. The number of pyridine rings is 1. The van der Waals surface area contributed by atoms with Crippen LogP contribution in [0.25, 0.3) is 11.3 Å². The largest absolute Gasteiger partial charge is 0.457 e. The van der Waals surface area contributed by atoms with Gasteiger partial charge in [-0.3, -0.25) is 4.79 Å². The highest BCUT2D eigenvalue weighted by Gasteiger charge is 2.16. The Morgan fingerprint density at radius 2 is 1.57 bits per heavy atom. The van der Waals surface area contributed by atoms with Gasteiger partial charge in [-0.2, -0.15) is 5.10 Å². The zero-order chi connectivity index (χ0) is 26.2.